The van der Waals surface area contributed by atoms with Crippen LogP contribution in [0.3, 0.4) is 0 Å². The van der Waals surface area contributed by atoms with Gasteiger partial charge in [0, 0.05) is 29.8 Å². The highest BCUT2D eigenvalue weighted by Crippen LogP contribution is 2.30. The van der Waals surface area contributed by atoms with E-state index in [1.165, 1.54) is 0 Å². The number of nitrogens with zero attached hydrogens (tertiary/aromatic N) is 2. The van der Waals surface area contributed by atoms with Crippen molar-refractivity contribution < 1.29 is 32.3 Å². The molecule has 0 spiro atoms. The molecule has 0 aromatic heterocycles. The van der Waals surface area contributed by atoms with Crippen molar-refractivity contribution >= 4 is 45.2 Å². The van der Waals surface area contributed by atoms with E-state index in [0.717, 1.165) is 65.6 Å². The van der Waals surface area contributed by atoms with Crippen LogP contribution in [0.4, 0.5) is 14.9 Å². The Bertz CT molecular complexity index is 1300. The minimum absolute atomic E-state index is 0.0845. The zero-order valence-electron chi connectivity index (χ0n) is 21.1. The third-order valence-corrected chi connectivity index (χ3v) is 9.20. The van der Waals surface area contributed by atoms with Gasteiger partial charge >= 0.3 is 12.0 Å². The molecule has 1 aliphatic carbocycles. The van der Waals surface area contributed by atoms with E-state index in [4.69, 9.17) is 11.6 Å². The number of aliphatic carboxylic acids is 1. The average Bonchev–Trinajstić information content (AvgIpc) is 3.37. The number of hydrogen-bond acceptors (Lipinski definition) is 5. The highest BCUT2D eigenvalue weighted by Gasteiger charge is 2.47. The molecular formula is C26H30ClFN4O6S. The molecule has 10 nitrogen and oxygen atoms in total. The Morgan fingerprint density at radius 3 is 2.26 bits per heavy atom. The van der Waals surface area contributed by atoms with Crippen molar-refractivity contribution in [3.05, 3.63) is 59.4 Å². The third-order valence-electron chi connectivity index (χ3n) is 7.08. The van der Waals surface area contributed by atoms with Crippen LogP contribution in [0.15, 0.2) is 53.4 Å². The summed E-state index contributed by atoms with van der Waals surface area (Å²) < 4.78 is 41.5. The molecule has 2 aromatic carbocycles. The first kappa shape index (κ1) is 28.8. The van der Waals surface area contributed by atoms with Gasteiger partial charge in [0.05, 0.1) is 11.3 Å². The minimum Gasteiger partial charge on any atom is -0.481 e. The van der Waals surface area contributed by atoms with Crippen LogP contribution >= 0.6 is 11.6 Å². The van der Waals surface area contributed by atoms with Gasteiger partial charge in [-0.3, -0.25) is 14.5 Å². The van der Waals surface area contributed by atoms with Gasteiger partial charge in [-0.05, 0) is 67.3 Å². The number of nitrogens with one attached hydrogen (secondary N) is 2. The van der Waals surface area contributed by atoms with Crippen molar-refractivity contribution in [2.45, 2.75) is 55.6 Å². The Morgan fingerprint density at radius 2 is 1.64 bits per heavy atom. The Kier molecular flexibility index (Phi) is 9.08. The largest absolute Gasteiger partial charge is 0.481 e. The summed E-state index contributed by atoms with van der Waals surface area (Å²) in [5, 5.41) is 15.4. The van der Waals surface area contributed by atoms with Gasteiger partial charge in [0.1, 0.15) is 5.82 Å². The predicted octanol–water partition coefficient (Wildman–Crippen LogP) is 3.88. The summed E-state index contributed by atoms with van der Waals surface area (Å²) in [5.74, 6) is -2.61. The van der Waals surface area contributed by atoms with E-state index in [-0.39, 0.29) is 30.3 Å². The second-order valence-electron chi connectivity index (χ2n) is 9.68. The fraction of sp³-hybridized carbons (Fsp3) is 0.423. The Morgan fingerprint density at radius 1 is 1.00 bits per heavy atom. The Hall–Kier alpha value is -3.22. The van der Waals surface area contributed by atoms with Crippen LogP contribution in [-0.4, -0.2) is 65.9 Å². The molecule has 2 unspecified atom stereocenters. The maximum Gasteiger partial charge on any atom is 0.323 e. The van der Waals surface area contributed by atoms with Gasteiger partial charge in [-0.1, -0.05) is 30.9 Å². The molecular weight excluding hydrogens is 551 g/mol. The molecule has 2 fully saturated rings. The van der Waals surface area contributed by atoms with Crippen LogP contribution < -0.4 is 10.6 Å². The minimum atomic E-state index is -4.33. The van der Waals surface area contributed by atoms with Gasteiger partial charge in [-0.25, -0.2) is 17.6 Å². The molecule has 3 N–H and O–H groups in total. The molecule has 1 heterocycles. The summed E-state index contributed by atoms with van der Waals surface area (Å²) in [5.41, 5.74) is 0.384. The van der Waals surface area contributed by atoms with Crippen LogP contribution in [0.2, 0.25) is 5.02 Å². The second kappa shape index (κ2) is 12.3. The molecule has 39 heavy (non-hydrogen) atoms. The lowest BCUT2D eigenvalue weighted by Crippen LogP contribution is -2.57. The van der Waals surface area contributed by atoms with Crippen LogP contribution in [-0.2, 0) is 19.6 Å². The first-order valence-electron chi connectivity index (χ1n) is 12.7. The molecule has 0 radical (unpaired) electrons. The van der Waals surface area contributed by atoms with Crippen molar-refractivity contribution in [2.75, 3.05) is 18.4 Å². The Labute approximate surface area is 231 Å². The SMILES string of the molecule is O=C(O)CC(NC(=O)C1N(C(=O)Nc2ccc(Cl)cc2)CCN1S(=O)(=O)c1ccc(F)cc1)C1CCCCC1. The first-order chi connectivity index (χ1) is 18.6. The van der Waals surface area contributed by atoms with Gasteiger partial charge in [-0.2, -0.15) is 4.31 Å². The number of carboxylic acids is 1. The number of benzene rings is 2. The molecule has 4 rings (SSSR count). The third kappa shape index (κ3) is 6.87. The van der Waals surface area contributed by atoms with Gasteiger partial charge < -0.3 is 15.7 Å². The van der Waals surface area contributed by atoms with Gasteiger partial charge in [0.25, 0.3) is 5.91 Å². The molecule has 2 atom stereocenters. The van der Waals surface area contributed by atoms with E-state index in [1.807, 2.05) is 0 Å². The van der Waals surface area contributed by atoms with Crippen molar-refractivity contribution in [1.29, 1.82) is 0 Å². The van der Waals surface area contributed by atoms with Crippen molar-refractivity contribution in [2.24, 2.45) is 5.92 Å². The molecule has 13 heteroatoms. The lowest BCUT2D eigenvalue weighted by atomic mass is 9.82. The predicted molar refractivity (Wildman–Crippen MR) is 142 cm³/mol. The second-order valence-corrected chi connectivity index (χ2v) is 12.0. The van der Waals surface area contributed by atoms with E-state index in [1.54, 1.807) is 24.3 Å². The summed E-state index contributed by atoms with van der Waals surface area (Å²) in [6, 6.07) is 8.97. The number of hydrogen-bond donors (Lipinski definition) is 3. The molecule has 210 valence electrons. The zero-order valence-corrected chi connectivity index (χ0v) is 22.6. The van der Waals surface area contributed by atoms with Gasteiger partial charge in [0.2, 0.25) is 10.0 Å². The monoisotopic (exact) mass is 580 g/mol. The van der Waals surface area contributed by atoms with E-state index >= 15 is 0 Å². The average molecular weight is 581 g/mol. The van der Waals surface area contributed by atoms with Gasteiger partial charge in [0.15, 0.2) is 6.17 Å². The molecule has 3 amide bonds. The number of carbonyl (C=O) groups is 3. The lowest BCUT2D eigenvalue weighted by Gasteiger charge is -2.34. The summed E-state index contributed by atoms with van der Waals surface area (Å²) in [7, 11) is -4.33. The topological polar surface area (TPSA) is 136 Å². The van der Waals surface area contributed by atoms with Crippen LogP contribution in [0.1, 0.15) is 38.5 Å². The summed E-state index contributed by atoms with van der Waals surface area (Å²) >= 11 is 5.91. The summed E-state index contributed by atoms with van der Waals surface area (Å²) in [4.78, 5) is 39.5. The molecule has 2 aliphatic rings. The van der Waals surface area contributed by atoms with Crippen LogP contribution in [0.25, 0.3) is 0 Å². The van der Waals surface area contributed by atoms with Crippen molar-refractivity contribution in [1.82, 2.24) is 14.5 Å². The van der Waals surface area contributed by atoms with E-state index < -0.39 is 46.0 Å². The zero-order chi connectivity index (χ0) is 28.2. The van der Waals surface area contributed by atoms with E-state index in [2.05, 4.69) is 10.6 Å². The quantitative estimate of drug-likeness (QED) is 0.433. The Balaban J connectivity index is 1.64. The summed E-state index contributed by atoms with van der Waals surface area (Å²) in [6.07, 6.45) is 2.39. The summed E-state index contributed by atoms with van der Waals surface area (Å²) in [6.45, 7) is -0.302. The van der Waals surface area contributed by atoms with Gasteiger partial charge in [-0.15, -0.1) is 0 Å². The number of carboxylic acid groups (broad SMARTS) is 1. The van der Waals surface area contributed by atoms with E-state index in [9.17, 15) is 32.3 Å². The molecule has 2 aromatic rings. The first-order valence-corrected chi connectivity index (χ1v) is 14.5. The highest BCUT2D eigenvalue weighted by atomic mass is 35.5. The number of anilines is 1. The number of halogens is 2. The number of carbonyl (C=O) groups excluding carboxylic acids is 2. The fourth-order valence-electron chi connectivity index (χ4n) is 5.13. The van der Waals surface area contributed by atoms with Crippen molar-refractivity contribution in [3.63, 3.8) is 0 Å². The molecule has 1 saturated heterocycles. The standard InChI is InChI=1S/C26H30ClFN4O6S/c27-18-6-10-20(11-7-18)29-26(36)31-14-15-32(39(37,38)21-12-8-19(28)9-13-21)25(31)24(35)30-22(16-23(33)34)17-4-2-1-3-5-17/h6-13,17,22,25H,1-5,14-16H2,(H,29,36)(H,30,35)(H,33,34). The van der Waals surface area contributed by atoms with Crippen LogP contribution in [0.5, 0.6) is 0 Å². The maximum atomic E-state index is 13.7. The molecule has 0 bridgehead atoms. The molecule has 1 aliphatic heterocycles. The highest BCUT2D eigenvalue weighted by molar-refractivity contribution is 7.89. The van der Waals surface area contributed by atoms with E-state index in [0.29, 0.717) is 10.7 Å². The maximum absolute atomic E-state index is 13.7. The number of urea groups is 1. The van der Waals surface area contributed by atoms with Crippen molar-refractivity contribution in [3.8, 4) is 0 Å². The number of sulfonamides is 1. The van der Waals surface area contributed by atoms with Crippen LogP contribution in [0, 0.1) is 11.7 Å². The number of rotatable bonds is 8. The smallest absolute Gasteiger partial charge is 0.323 e. The number of amides is 3. The normalized spacial score (nSPS) is 19.4. The fourth-order valence-corrected chi connectivity index (χ4v) is 6.80. The lowest BCUT2D eigenvalue weighted by molar-refractivity contribution is -0.138. The molecule has 1 saturated carbocycles.